The van der Waals surface area contributed by atoms with Crippen molar-refractivity contribution >= 4 is 34.7 Å². The number of phenolic OH excluding ortho intramolecular Hbond substituents is 1. The zero-order valence-electron chi connectivity index (χ0n) is 13.0. The molecule has 0 saturated carbocycles. The summed E-state index contributed by atoms with van der Waals surface area (Å²) in [4.78, 5) is 11.8. The summed E-state index contributed by atoms with van der Waals surface area (Å²) in [5.74, 6) is 0.922. The molecule has 0 aliphatic heterocycles. The number of carbonyl (C=O) groups excluding carboxylic acids is 1. The fourth-order valence-corrected chi connectivity index (χ4v) is 2.34. The normalized spacial score (nSPS) is 10.6. The molecule has 0 spiro atoms. The molecule has 0 unspecified atom stereocenters. The van der Waals surface area contributed by atoms with Gasteiger partial charge in [0, 0.05) is 0 Å². The number of nitrogens with zero attached hydrogens (tertiary/aromatic N) is 1. The van der Waals surface area contributed by atoms with Crippen LogP contribution in [0.2, 0.25) is 0 Å². The van der Waals surface area contributed by atoms with Crippen LogP contribution >= 0.6 is 22.6 Å². The molecule has 2 N–H and O–H groups in total. The highest BCUT2D eigenvalue weighted by atomic mass is 127. The van der Waals surface area contributed by atoms with Gasteiger partial charge >= 0.3 is 0 Å². The van der Waals surface area contributed by atoms with E-state index in [0.29, 0.717) is 21.7 Å². The van der Waals surface area contributed by atoms with Crippen molar-refractivity contribution in [3.63, 3.8) is 0 Å². The minimum absolute atomic E-state index is 0.172. The molecule has 1 amide bonds. The zero-order chi connectivity index (χ0) is 17.4. The summed E-state index contributed by atoms with van der Waals surface area (Å²) in [7, 11) is 0. The van der Waals surface area contributed by atoms with Gasteiger partial charge in [-0.1, -0.05) is 12.1 Å². The van der Waals surface area contributed by atoms with E-state index in [1.807, 2.05) is 35.6 Å². The molecule has 126 valence electrons. The molecule has 0 heterocycles. The van der Waals surface area contributed by atoms with E-state index in [1.165, 1.54) is 6.21 Å². The third-order valence-electron chi connectivity index (χ3n) is 2.88. The quantitative estimate of drug-likeness (QED) is 0.394. The Hall–Kier alpha value is -2.29. The number of ether oxygens (including phenoxy) is 2. The van der Waals surface area contributed by atoms with E-state index >= 15 is 0 Å². The van der Waals surface area contributed by atoms with Gasteiger partial charge in [0.2, 0.25) is 0 Å². The van der Waals surface area contributed by atoms with Gasteiger partial charge in [-0.3, -0.25) is 4.79 Å². The van der Waals surface area contributed by atoms with Crippen LogP contribution in [-0.2, 0) is 4.79 Å². The maximum Gasteiger partial charge on any atom is 0.277 e. The minimum Gasteiger partial charge on any atom is -0.507 e. The molecule has 0 bridgehead atoms. The van der Waals surface area contributed by atoms with E-state index in [4.69, 9.17) is 9.47 Å². The molecule has 2 rings (SSSR count). The van der Waals surface area contributed by atoms with Gasteiger partial charge in [0.15, 0.2) is 18.1 Å². The van der Waals surface area contributed by atoms with Gasteiger partial charge in [0.25, 0.3) is 5.91 Å². The molecular weight excluding hydrogens is 423 g/mol. The third kappa shape index (κ3) is 5.41. The van der Waals surface area contributed by atoms with Gasteiger partial charge in [-0.2, -0.15) is 5.10 Å². The Kier molecular flexibility index (Phi) is 6.86. The van der Waals surface area contributed by atoms with Gasteiger partial charge in [-0.15, -0.1) is 0 Å². The van der Waals surface area contributed by atoms with Crippen molar-refractivity contribution in [3.05, 3.63) is 51.6 Å². The number of benzene rings is 2. The molecule has 0 radical (unpaired) electrons. The van der Waals surface area contributed by atoms with Gasteiger partial charge in [0.05, 0.1) is 16.4 Å². The monoisotopic (exact) mass is 440 g/mol. The summed E-state index contributed by atoms with van der Waals surface area (Å²) in [6, 6.07) is 12.2. The number of hydrogen-bond donors (Lipinski definition) is 2. The Morgan fingerprint density at radius 1 is 1.25 bits per heavy atom. The van der Waals surface area contributed by atoms with E-state index in [-0.39, 0.29) is 18.3 Å². The number of halogens is 1. The number of amides is 1. The molecule has 24 heavy (non-hydrogen) atoms. The fraction of sp³-hybridized carbons (Fsp3) is 0.176. The Bertz CT molecular complexity index is 734. The maximum atomic E-state index is 11.8. The van der Waals surface area contributed by atoms with Crippen molar-refractivity contribution in [3.8, 4) is 17.2 Å². The highest BCUT2D eigenvalue weighted by Crippen LogP contribution is 2.26. The zero-order valence-corrected chi connectivity index (χ0v) is 15.2. The molecule has 0 fully saturated rings. The molecule has 0 saturated heterocycles. The van der Waals surface area contributed by atoms with E-state index < -0.39 is 0 Å². The van der Waals surface area contributed by atoms with Crippen LogP contribution in [0.15, 0.2) is 47.6 Å². The predicted molar refractivity (Wildman–Crippen MR) is 99.7 cm³/mol. The van der Waals surface area contributed by atoms with Crippen LogP contribution in [0.3, 0.4) is 0 Å². The predicted octanol–water partition coefficient (Wildman–Crippen LogP) is 2.92. The molecule has 0 aliphatic rings. The number of carbonyl (C=O) groups is 1. The van der Waals surface area contributed by atoms with Crippen molar-refractivity contribution in [1.29, 1.82) is 0 Å². The van der Waals surface area contributed by atoms with E-state index in [9.17, 15) is 9.90 Å². The molecule has 6 nitrogen and oxygen atoms in total. The lowest BCUT2D eigenvalue weighted by Crippen LogP contribution is -2.24. The van der Waals surface area contributed by atoms with Crippen molar-refractivity contribution in [2.75, 3.05) is 13.2 Å². The Morgan fingerprint density at radius 2 is 1.96 bits per heavy atom. The van der Waals surface area contributed by atoms with Gasteiger partial charge < -0.3 is 14.6 Å². The average Bonchev–Trinajstić information content (AvgIpc) is 2.57. The second kappa shape index (κ2) is 9.11. The summed E-state index contributed by atoms with van der Waals surface area (Å²) in [5.41, 5.74) is 3.15. The summed E-state index contributed by atoms with van der Waals surface area (Å²) in [6.45, 7) is 2.22. The molecule has 2 aromatic rings. The summed E-state index contributed by atoms with van der Waals surface area (Å²) < 4.78 is 11.6. The number of hydrazone groups is 1. The minimum atomic E-state index is -0.383. The van der Waals surface area contributed by atoms with Crippen molar-refractivity contribution in [2.24, 2.45) is 5.10 Å². The number of hydrogen-bond acceptors (Lipinski definition) is 5. The van der Waals surface area contributed by atoms with Gasteiger partial charge in [-0.25, -0.2) is 5.43 Å². The smallest absolute Gasteiger partial charge is 0.277 e. The molecule has 0 aliphatic carbocycles. The van der Waals surface area contributed by atoms with E-state index in [2.05, 4.69) is 10.5 Å². The van der Waals surface area contributed by atoms with Crippen molar-refractivity contribution < 1.29 is 19.4 Å². The van der Waals surface area contributed by atoms with Crippen molar-refractivity contribution in [2.45, 2.75) is 6.92 Å². The van der Waals surface area contributed by atoms with Crippen LogP contribution in [0.4, 0.5) is 0 Å². The highest BCUT2D eigenvalue weighted by Gasteiger charge is 2.06. The van der Waals surface area contributed by atoms with Gasteiger partial charge in [-0.05, 0) is 65.4 Å². The first kappa shape index (κ1) is 18.1. The SMILES string of the molecule is CCOc1ccccc1OCC(=O)NN=Cc1ccc(O)c(I)c1. The van der Waals surface area contributed by atoms with Crippen LogP contribution < -0.4 is 14.9 Å². The first-order valence-corrected chi connectivity index (χ1v) is 8.33. The summed E-state index contributed by atoms with van der Waals surface area (Å²) in [6.07, 6.45) is 1.49. The largest absolute Gasteiger partial charge is 0.507 e. The molecular formula is C17H17IN2O4. The lowest BCUT2D eigenvalue weighted by molar-refractivity contribution is -0.123. The topological polar surface area (TPSA) is 80.2 Å². The van der Waals surface area contributed by atoms with E-state index in [0.717, 1.165) is 5.56 Å². The van der Waals surface area contributed by atoms with E-state index in [1.54, 1.807) is 36.4 Å². The first-order chi connectivity index (χ1) is 11.6. The molecule has 0 atom stereocenters. The van der Waals surface area contributed by atoms with Crippen LogP contribution in [-0.4, -0.2) is 30.4 Å². The summed E-state index contributed by atoms with van der Waals surface area (Å²) >= 11 is 2.01. The number of phenols is 1. The average molecular weight is 440 g/mol. The Morgan fingerprint density at radius 3 is 2.62 bits per heavy atom. The highest BCUT2D eigenvalue weighted by molar-refractivity contribution is 14.1. The molecule has 2 aromatic carbocycles. The first-order valence-electron chi connectivity index (χ1n) is 7.25. The summed E-state index contributed by atoms with van der Waals surface area (Å²) in [5, 5.41) is 13.3. The number of nitrogens with one attached hydrogen (secondary N) is 1. The standard InChI is InChI=1S/C17H17IN2O4/c1-2-23-15-5-3-4-6-16(15)24-11-17(22)20-19-10-12-7-8-14(21)13(18)9-12/h3-10,21H,2,11H2,1H3,(H,20,22). The second-order valence-electron chi connectivity index (χ2n) is 4.67. The maximum absolute atomic E-state index is 11.8. The van der Waals surface area contributed by atoms with Crippen LogP contribution in [0, 0.1) is 3.57 Å². The number of para-hydroxylation sites is 2. The Labute approximate surface area is 153 Å². The Balaban J connectivity index is 1.85. The molecule has 7 heteroatoms. The van der Waals surface area contributed by atoms with Crippen molar-refractivity contribution in [1.82, 2.24) is 5.43 Å². The molecule has 0 aromatic heterocycles. The number of rotatable bonds is 7. The van der Waals surface area contributed by atoms with Crippen LogP contribution in [0.25, 0.3) is 0 Å². The van der Waals surface area contributed by atoms with Crippen LogP contribution in [0.5, 0.6) is 17.2 Å². The fourth-order valence-electron chi connectivity index (χ4n) is 1.80. The lowest BCUT2D eigenvalue weighted by Gasteiger charge is -2.10. The third-order valence-corrected chi connectivity index (χ3v) is 3.75. The second-order valence-corrected chi connectivity index (χ2v) is 5.83. The van der Waals surface area contributed by atoms with Gasteiger partial charge in [0.1, 0.15) is 5.75 Å². The number of aromatic hydroxyl groups is 1. The van der Waals surface area contributed by atoms with Crippen LogP contribution in [0.1, 0.15) is 12.5 Å². The lowest BCUT2D eigenvalue weighted by atomic mass is 10.2.